The molecule has 1 aromatic heterocycles. The smallest absolute Gasteiger partial charge is 0.232 e. The van der Waals surface area contributed by atoms with E-state index in [4.69, 9.17) is 0 Å². The van der Waals surface area contributed by atoms with E-state index in [1.165, 1.54) is 37.8 Å². The monoisotopic (exact) mass is 406 g/mol. The number of aromatic amines is 1. The van der Waals surface area contributed by atoms with Gasteiger partial charge in [-0.05, 0) is 55.0 Å². The summed E-state index contributed by atoms with van der Waals surface area (Å²) in [5.41, 5.74) is 3.06. The van der Waals surface area contributed by atoms with Gasteiger partial charge in [-0.25, -0.2) is 13.4 Å². The standard InChI is InChI=1S/C21H34N4O2S/c1-5-6-7-8-12-25-13-11-21(3,16(2)15-25)17-9-10-18-19(14-17)23-20(22-18)24-28(4,26)27/h9-10,14,16H,5-8,11-13,15H2,1-4H3,(H2,22,23,24). The summed E-state index contributed by atoms with van der Waals surface area (Å²) in [6, 6.07) is 6.29. The van der Waals surface area contributed by atoms with Gasteiger partial charge in [-0.1, -0.05) is 46.1 Å². The number of piperidine rings is 1. The minimum atomic E-state index is -3.34. The first-order valence-electron chi connectivity index (χ1n) is 10.4. The fourth-order valence-corrected chi connectivity index (χ4v) is 4.75. The Morgan fingerprint density at radius 1 is 1.32 bits per heavy atom. The first-order chi connectivity index (χ1) is 13.2. The van der Waals surface area contributed by atoms with Crippen LogP contribution >= 0.6 is 0 Å². The molecule has 0 amide bonds. The number of H-pyrrole nitrogens is 1. The zero-order valence-corrected chi connectivity index (χ0v) is 18.4. The number of fused-ring (bicyclic) bond motifs is 1. The molecule has 1 saturated heterocycles. The van der Waals surface area contributed by atoms with E-state index in [0.717, 1.165) is 36.8 Å². The topological polar surface area (TPSA) is 78.1 Å². The van der Waals surface area contributed by atoms with Crippen LogP contribution in [0.2, 0.25) is 0 Å². The average molecular weight is 407 g/mol. The lowest BCUT2D eigenvalue weighted by molar-refractivity contribution is 0.109. The van der Waals surface area contributed by atoms with Gasteiger partial charge in [-0.15, -0.1) is 0 Å². The van der Waals surface area contributed by atoms with Gasteiger partial charge in [0.1, 0.15) is 0 Å². The van der Waals surface area contributed by atoms with Gasteiger partial charge in [-0.3, -0.25) is 4.72 Å². The molecule has 0 spiro atoms. The number of rotatable bonds is 8. The molecule has 0 radical (unpaired) electrons. The van der Waals surface area contributed by atoms with Gasteiger partial charge in [0, 0.05) is 6.54 Å². The third kappa shape index (κ3) is 4.87. The lowest BCUT2D eigenvalue weighted by atomic mass is 9.68. The van der Waals surface area contributed by atoms with Crippen molar-refractivity contribution in [1.82, 2.24) is 14.9 Å². The molecule has 7 heteroatoms. The zero-order chi connectivity index (χ0) is 20.4. The first-order valence-corrected chi connectivity index (χ1v) is 12.3. The van der Waals surface area contributed by atoms with Crippen molar-refractivity contribution in [2.75, 3.05) is 30.6 Å². The summed E-state index contributed by atoms with van der Waals surface area (Å²) in [4.78, 5) is 10.0. The molecule has 1 aliphatic rings. The van der Waals surface area contributed by atoms with Crippen LogP contribution in [0.3, 0.4) is 0 Å². The van der Waals surface area contributed by atoms with Gasteiger partial charge >= 0.3 is 0 Å². The van der Waals surface area contributed by atoms with Crippen LogP contribution in [0.4, 0.5) is 5.95 Å². The number of nitrogens with one attached hydrogen (secondary N) is 2. The Kier molecular flexibility index (Phi) is 6.34. The summed E-state index contributed by atoms with van der Waals surface area (Å²) in [6.07, 6.45) is 7.51. The summed E-state index contributed by atoms with van der Waals surface area (Å²) in [7, 11) is -3.34. The Balaban J connectivity index is 1.72. The second-order valence-electron chi connectivity index (χ2n) is 8.62. The van der Waals surface area contributed by atoms with Crippen molar-refractivity contribution in [2.24, 2.45) is 5.92 Å². The number of hydrogen-bond donors (Lipinski definition) is 2. The van der Waals surface area contributed by atoms with Crippen LogP contribution in [0.25, 0.3) is 11.0 Å². The van der Waals surface area contributed by atoms with E-state index >= 15 is 0 Å². The molecular weight excluding hydrogens is 372 g/mol. The van der Waals surface area contributed by atoms with Gasteiger partial charge < -0.3 is 9.88 Å². The van der Waals surface area contributed by atoms with Gasteiger partial charge in [0.25, 0.3) is 0 Å². The molecule has 0 saturated carbocycles. The van der Waals surface area contributed by atoms with Crippen LogP contribution in [-0.4, -0.2) is 49.2 Å². The summed E-state index contributed by atoms with van der Waals surface area (Å²) in [6.45, 7) is 10.4. The normalized spacial score (nSPS) is 23.9. The summed E-state index contributed by atoms with van der Waals surface area (Å²) in [5.74, 6) is 0.830. The molecule has 2 unspecified atom stereocenters. The first kappa shape index (κ1) is 21.1. The number of unbranched alkanes of at least 4 members (excludes halogenated alkanes) is 3. The van der Waals surface area contributed by atoms with E-state index in [2.05, 4.69) is 52.5 Å². The van der Waals surface area contributed by atoms with Crippen LogP contribution in [0.15, 0.2) is 18.2 Å². The molecule has 28 heavy (non-hydrogen) atoms. The largest absolute Gasteiger partial charge is 0.323 e. The maximum atomic E-state index is 11.5. The number of likely N-dealkylation sites (tertiary alicyclic amines) is 1. The molecule has 2 aromatic rings. The van der Waals surface area contributed by atoms with Crippen molar-refractivity contribution >= 4 is 27.0 Å². The SMILES string of the molecule is CCCCCCN1CCC(C)(c2ccc3nc(NS(C)(=O)=O)[nH]c3c2)C(C)C1. The van der Waals surface area contributed by atoms with E-state index in [-0.39, 0.29) is 11.4 Å². The Bertz CT molecular complexity index is 908. The van der Waals surface area contributed by atoms with Crippen molar-refractivity contribution < 1.29 is 8.42 Å². The molecule has 3 rings (SSSR count). The van der Waals surface area contributed by atoms with Crippen LogP contribution in [-0.2, 0) is 15.4 Å². The van der Waals surface area contributed by atoms with Crippen LogP contribution in [0.5, 0.6) is 0 Å². The highest BCUT2D eigenvalue weighted by atomic mass is 32.2. The third-order valence-electron chi connectivity index (χ3n) is 6.32. The molecule has 156 valence electrons. The van der Waals surface area contributed by atoms with Crippen molar-refractivity contribution in [3.05, 3.63) is 23.8 Å². The summed E-state index contributed by atoms with van der Waals surface area (Å²) < 4.78 is 25.3. The van der Waals surface area contributed by atoms with Crippen LogP contribution < -0.4 is 4.72 Å². The molecule has 0 aliphatic carbocycles. The highest BCUT2D eigenvalue weighted by molar-refractivity contribution is 7.91. The van der Waals surface area contributed by atoms with E-state index in [9.17, 15) is 8.42 Å². The lowest BCUT2D eigenvalue weighted by Crippen LogP contribution is -2.47. The predicted octanol–water partition coefficient (Wildman–Crippen LogP) is 4.11. The number of nitrogens with zero attached hydrogens (tertiary/aromatic N) is 2. The number of sulfonamides is 1. The number of benzene rings is 1. The number of anilines is 1. The Morgan fingerprint density at radius 2 is 2.11 bits per heavy atom. The fourth-order valence-electron chi connectivity index (χ4n) is 4.30. The fraction of sp³-hybridized carbons (Fsp3) is 0.667. The van der Waals surface area contributed by atoms with E-state index < -0.39 is 10.0 Å². The van der Waals surface area contributed by atoms with E-state index in [1.807, 2.05) is 6.07 Å². The van der Waals surface area contributed by atoms with Crippen molar-refractivity contribution in [2.45, 2.75) is 58.3 Å². The molecule has 1 fully saturated rings. The second-order valence-corrected chi connectivity index (χ2v) is 10.4. The van der Waals surface area contributed by atoms with Gasteiger partial charge in [0.15, 0.2) is 0 Å². The highest BCUT2D eigenvalue weighted by Gasteiger charge is 2.38. The predicted molar refractivity (Wildman–Crippen MR) is 116 cm³/mol. The molecule has 1 aliphatic heterocycles. The van der Waals surface area contributed by atoms with Crippen molar-refractivity contribution in [3.8, 4) is 0 Å². The molecule has 2 atom stereocenters. The number of hydrogen-bond acceptors (Lipinski definition) is 4. The average Bonchev–Trinajstić information content (AvgIpc) is 3.01. The van der Waals surface area contributed by atoms with Crippen molar-refractivity contribution in [3.63, 3.8) is 0 Å². The second kappa shape index (κ2) is 8.41. The minimum absolute atomic E-state index is 0.115. The van der Waals surface area contributed by atoms with Crippen molar-refractivity contribution in [1.29, 1.82) is 0 Å². The molecule has 2 heterocycles. The minimum Gasteiger partial charge on any atom is -0.323 e. The molecule has 6 nitrogen and oxygen atoms in total. The quantitative estimate of drug-likeness (QED) is 0.647. The Labute approximate surface area is 169 Å². The summed E-state index contributed by atoms with van der Waals surface area (Å²) >= 11 is 0. The third-order valence-corrected chi connectivity index (χ3v) is 6.88. The van der Waals surface area contributed by atoms with Gasteiger partial charge in [0.05, 0.1) is 17.3 Å². The lowest BCUT2D eigenvalue weighted by Gasteiger charge is -2.45. The molecule has 2 N–H and O–H groups in total. The maximum absolute atomic E-state index is 11.5. The Morgan fingerprint density at radius 3 is 2.79 bits per heavy atom. The van der Waals surface area contributed by atoms with E-state index in [0.29, 0.717) is 5.92 Å². The molecule has 0 bridgehead atoms. The highest BCUT2D eigenvalue weighted by Crippen LogP contribution is 2.40. The molecular formula is C21H34N4O2S. The van der Waals surface area contributed by atoms with Gasteiger partial charge in [0.2, 0.25) is 16.0 Å². The zero-order valence-electron chi connectivity index (χ0n) is 17.6. The number of imidazole rings is 1. The van der Waals surface area contributed by atoms with E-state index in [1.54, 1.807) is 0 Å². The summed E-state index contributed by atoms with van der Waals surface area (Å²) in [5, 5.41) is 0. The number of aromatic nitrogens is 2. The van der Waals surface area contributed by atoms with Gasteiger partial charge in [-0.2, -0.15) is 0 Å². The maximum Gasteiger partial charge on any atom is 0.232 e. The van der Waals surface area contributed by atoms with Crippen LogP contribution in [0, 0.1) is 5.92 Å². The Hall–Kier alpha value is -1.60. The molecule has 1 aromatic carbocycles. The van der Waals surface area contributed by atoms with Crippen LogP contribution in [0.1, 0.15) is 58.4 Å².